The molecule has 4 heteroatoms. The number of hydrogen-bond acceptors (Lipinski definition) is 3. The quantitative estimate of drug-likeness (QED) is 0.409. The summed E-state index contributed by atoms with van der Waals surface area (Å²) in [5, 5.41) is 0. The molecule has 4 rings (SSSR count). The van der Waals surface area contributed by atoms with Crippen molar-refractivity contribution >= 4 is 22.6 Å². The summed E-state index contributed by atoms with van der Waals surface area (Å²) in [5.74, 6) is 0. The molecule has 0 unspecified atom stereocenters. The molecule has 136 valence electrons. The van der Waals surface area contributed by atoms with Gasteiger partial charge in [0, 0.05) is 10.4 Å². The first-order valence-electron chi connectivity index (χ1n) is 9.17. The van der Waals surface area contributed by atoms with Gasteiger partial charge in [-0.25, -0.2) is 4.98 Å². The highest BCUT2D eigenvalue weighted by atomic mass is 32.1. The van der Waals surface area contributed by atoms with Gasteiger partial charge in [0.25, 0.3) is 0 Å². The number of aryl methyl sites for hydroxylation is 4. The summed E-state index contributed by atoms with van der Waals surface area (Å²) in [5.41, 5.74) is 8.24. The predicted octanol–water partition coefficient (Wildman–Crippen LogP) is 6.03. The van der Waals surface area contributed by atoms with Crippen molar-refractivity contribution in [3.05, 3.63) is 69.7 Å². The van der Waals surface area contributed by atoms with Gasteiger partial charge < -0.3 is 0 Å². The molecule has 0 fully saturated rings. The fraction of sp³-hybridized carbons (Fsp3) is 0.217. The summed E-state index contributed by atoms with van der Waals surface area (Å²) in [7, 11) is 0. The molecule has 0 aliphatic heterocycles. The van der Waals surface area contributed by atoms with Gasteiger partial charge in [-0.05, 0) is 49.9 Å². The number of nitrogens with zero attached hydrogens (tertiary/aromatic N) is 2. The van der Waals surface area contributed by atoms with Crippen LogP contribution in [0.5, 0.6) is 0 Å². The first-order chi connectivity index (χ1) is 13.0. The Balaban J connectivity index is 2.01. The van der Waals surface area contributed by atoms with Gasteiger partial charge in [0.15, 0.2) is 11.2 Å². The summed E-state index contributed by atoms with van der Waals surface area (Å²) in [6.07, 6.45) is 1.85. The van der Waals surface area contributed by atoms with Gasteiger partial charge in [-0.1, -0.05) is 48.9 Å². The molecule has 27 heavy (non-hydrogen) atoms. The van der Waals surface area contributed by atoms with Crippen LogP contribution in [-0.4, -0.2) is 15.7 Å². The van der Waals surface area contributed by atoms with Crippen LogP contribution < -0.4 is 0 Å². The van der Waals surface area contributed by atoms with Crippen molar-refractivity contribution in [2.24, 2.45) is 0 Å². The number of carbonyl (C=O) groups excluding carboxylic acids is 1. The zero-order chi connectivity index (χ0) is 19.1. The smallest absolute Gasteiger partial charge is 0.195 e. The SMILES string of the molecule is CCc1sc2nc(-c3ccc(C)c(C)c3)c(C=O)n2c1-c1ccc(C)cc1. The highest BCUT2D eigenvalue weighted by Crippen LogP contribution is 2.36. The molecule has 2 aromatic heterocycles. The van der Waals surface area contributed by atoms with Crippen LogP contribution in [0.3, 0.4) is 0 Å². The molecule has 0 aliphatic rings. The molecule has 0 amide bonds. The molecule has 0 saturated heterocycles. The van der Waals surface area contributed by atoms with E-state index in [4.69, 9.17) is 4.98 Å². The van der Waals surface area contributed by atoms with E-state index in [1.54, 1.807) is 11.3 Å². The number of aldehydes is 1. The molecule has 0 saturated carbocycles. The number of thiazole rings is 1. The number of carbonyl (C=O) groups is 1. The molecule has 0 radical (unpaired) electrons. The average Bonchev–Trinajstić information content (AvgIpc) is 3.20. The fourth-order valence-electron chi connectivity index (χ4n) is 3.43. The lowest BCUT2D eigenvalue weighted by atomic mass is 10.0. The van der Waals surface area contributed by atoms with Crippen molar-refractivity contribution in [1.82, 2.24) is 9.38 Å². The molecule has 4 aromatic rings. The summed E-state index contributed by atoms with van der Waals surface area (Å²) >= 11 is 1.67. The second kappa shape index (κ2) is 6.78. The monoisotopic (exact) mass is 374 g/mol. The van der Waals surface area contributed by atoms with E-state index in [1.807, 2.05) is 10.5 Å². The van der Waals surface area contributed by atoms with Crippen molar-refractivity contribution in [2.75, 3.05) is 0 Å². The third-order valence-electron chi connectivity index (χ3n) is 5.12. The van der Waals surface area contributed by atoms with Crippen LogP contribution in [0, 0.1) is 20.8 Å². The largest absolute Gasteiger partial charge is 0.296 e. The van der Waals surface area contributed by atoms with E-state index in [2.05, 4.69) is 64.1 Å². The van der Waals surface area contributed by atoms with E-state index in [0.717, 1.165) is 40.2 Å². The van der Waals surface area contributed by atoms with Gasteiger partial charge in [-0.3, -0.25) is 9.20 Å². The molecule has 0 N–H and O–H groups in total. The van der Waals surface area contributed by atoms with Crippen molar-refractivity contribution in [1.29, 1.82) is 0 Å². The van der Waals surface area contributed by atoms with Crippen LogP contribution in [-0.2, 0) is 6.42 Å². The van der Waals surface area contributed by atoms with Gasteiger partial charge in [0.2, 0.25) is 0 Å². The van der Waals surface area contributed by atoms with Crippen LogP contribution >= 0.6 is 11.3 Å². The highest BCUT2D eigenvalue weighted by molar-refractivity contribution is 7.17. The normalized spacial score (nSPS) is 11.3. The molecular weight excluding hydrogens is 352 g/mol. The maximum Gasteiger partial charge on any atom is 0.195 e. The molecule has 0 spiro atoms. The Kier molecular flexibility index (Phi) is 4.44. The Bertz CT molecular complexity index is 1150. The van der Waals surface area contributed by atoms with Crippen LogP contribution in [0.4, 0.5) is 0 Å². The van der Waals surface area contributed by atoms with Gasteiger partial charge in [0.1, 0.15) is 11.4 Å². The molecule has 0 atom stereocenters. The Hall–Kier alpha value is -2.72. The first kappa shape index (κ1) is 17.7. The lowest BCUT2D eigenvalue weighted by Crippen LogP contribution is -1.96. The van der Waals surface area contributed by atoms with Gasteiger partial charge >= 0.3 is 0 Å². The molecule has 3 nitrogen and oxygen atoms in total. The Morgan fingerprint density at radius 1 is 1.00 bits per heavy atom. The van der Waals surface area contributed by atoms with Crippen LogP contribution in [0.25, 0.3) is 27.5 Å². The molecule has 2 aromatic carbocycles. The second-order valence-electron chi connectivity index (χ2n) is 6.97. The summed E-state index contributed by atoms with van der Waals surface area (Å²) in [6, 6.07) is 14.7. The van der Waals surface area contributed by atoms with Gasteiger partial charge in [-0.2, -0.15) is 0 Å². The highest BCUT2D eigenvalue weighted by Gasteiger charge is 2.22. The topological polar surface area (TPSA) is 34.4 Å². The molecule has 0 bridgehead atoms. The average molecular weight is 375 g/mol. The van der Waals surface area contributed by atoms with E-state index in [0.29, 0.717) is 5.69 Å². The van der Waals surface area contributed by atoms with Gasteiger partial charge in [-0.15, -0.1) is 11.3 Å². The van der Waals surface area contributed by atoms with Crippen LogP contribution in [0.2, 0.25) is 0 Å². The molecule has 2 heterocycles. The van der Waals surface area contributed by atoms with E-state index in [9.17, 15) is 4.79 Å². The third-order valence-corrected chi connectivity index (χ3v) is 6.31. The Morgan fingerprint density at radius 3 is 2.33 bits per heavy atom. The predicted molar refractivity (Wildman–Crippen MR) is 113 cm³/mol. The minimum atomic E-state index is 0.625. The number of rotatable bonds is 4. The number of benzene rings is 2. The Morgan fingerprint density at radius 2 is 1.70 bits per heavy atom. The third kappa shape index (κ3) is 2.90. The lowest BCUT2D eigenvalue weighted by Gasteiger charge is -2.07. The minimum absolute atomic E-state index is 0.625. The minimum Gasteiger partial charge on any atom is -0.296 e. The van der Waals surface area contributed by atoms with Crippen molar-refractivity contribution < 1.29 is 4.79 Å². The maximum atomic E-state index is 12.1. The summed E-state index contributed by atoms with van der Waals surface area (Å²) < 4.78 is 2.03. The standard InChI is InChI=1S/C23H22N2OS/c1-5-20-22(17-9-6-14(2)7-10-17)25-19(13-26)21(24-23(25)27-20)18-11-8-15(3)16(4)12-18/h6-13H,5H2,1-4H3. The first-order valence-corrected chi connectivity index (χ1v) is 9.99. The maximum absolute atomic E-state index is 12.1. The number of hydrogen-bond donors (Lipinski definition) is 0. The van der Waals surface area contributed by atoms with Crippen molar-refractivity contribution in [3.63, 3.8) is 0 Å². The number of imidazole rings is 1. The summed E-state index contributed by atoms with van der Waals surface area (Å²) in [4.78, 5) is 19.1. The van der Waals surface area contributed by atoms with E-state index < -0.39 is 0 Å². The van der Waals surface area contributed by atoms with E-state index in [-0.39, 0.29) is 0 Å². The number of aromatic nitrogens is 2. The Labute approximate surface area is 163 Å². The van der Waals surface area contributed by atoms with Crippen LogP contribution in [0.1, 0.15) is 39.0 Å². The molecule has 0 aliphatic carbocycles. The molecular formula is C23H22N2OS. The van der Waals surface area contributed by atoms with Crippen LogP contribution in [0.15, 0.2) is 42.5 Å². The van der Waals surface area contributed by atoms with Gasteiger partial charge in [0.05, 0.1) is 5.69 Å². The zero-order valence-corrected chi connectivity index (χ0v) is 16.9. The zero-order valence-electron chi connectivity index (χ0n) is 16.0. The second-order valence-corrected chi connectivity index (χ2v) is 8.04. The fourth-order valence-corrected chi connectivity index (χ4v) is 4.52. The summed E-state index contributed by atoms with van der Waals surface area (Å²) in [6.45, 7) is 8.41. The number of fused-ring (bicyclic) bond motifs is 1. The lowest BCUT2D eigenvalue weighted by molar-refractivity contribution is 0.111. The van der Waals surface area contributed by atoms with E-state index in [1.165, 1.54) is 21.6 Å². The van der Waals surface area contributed by atoms with Crippen molar-refractivity contribution in [2.45, 2.75) is 34.1 Å². The van der Waals surface area contributed by atoms with Crippen molar-refractivity contribution in [3.8, 4) is 22.5 Å². The van der Waals surface area contributed by atoms with E-state index >= 15 is 0 Å².